The molecule has 1 unspecified atom stereocenters. The van der Waals surface area contributed by atoms with Crippen LogP contribution in [-0.2, 0) is 14.4 Å². The van der Waals surface area contributed by atoms with Gasteiger partial charge >= 0.3 is 16.1 Å². The second kappa shape index (κ2) is 5.21. The molecular formula is C12H13N3O6S. The van der Waals surface area contributed by atoms with Gasteiger partial charge in [0.25, 0.3) is 5.69 Å². The highest BCUT2D eigenvalue weighted by molar-refractivity contribution is 7.86. The standard InChI is InChI=1S/C12H13N3O6S/c16-12-13-7-1-2-10(8-13)14(12)21-22(19,20)11-5-3-9(4-6-11)15(17)18/h3-6,10H,1-2,7-8H2. The summed E-state index contributed by atoms with van der Waals surface area (Å²) in [4.78, 5) is 23.3. The summed E-state index contributed by atoms with van der Waals surface area (Å²) in [7, 11) is -4.20. The number of urea groups is 1. The number of hydroxylamine groups is 2. The molecule has 1 aromatic rings. The maximum Gasteiger partial charge on any atom is 0.345 e. The fourth-order valence-corrected chi connectivity index (χ4v) is 3.54. The zero-order chi connectivity index (χ0) is 15.9. The van der Waals surface area contributed by atoms with Gasteiger partial charge in [-0.15, -0.1) is 4.28 Å². The van der Waals surface area contributed by atoms with Gasteiger partial charge in [-0.05, 0) is 25.0 Å². The van der Waals surface area contributed by atoms with Gasteiger partial charge in [0.05, 0.1) is 15.9 Å². The third-order valence-electron chi connectivity index (χ3n) is 3.70. The third kappa shape index (κ3) is 2.50. The van der Waals surface area contributed by atoms with E-state index in [2.05, 4.69) is 0 Å². The number of amides is 2. The van der Waals surface area contributed by atoms with Crippen molar-refractivity contribution in [3.8, 4) is 0 Å². The van der Waals surface area contributed by atoms with Crippen LogP contribution in [0.5, 0.6) is 0 Å². The molecule has 0 aliphatic carbocycles. The van der Waals surface area contributed by atoms with Crippen molar-refractivity contribution in [2.75, 3.05) is 13.1 Å². The van der Waals surface area contributed by atoms with Crippen LogP contribution in [0.3, 0.4) is 0 Å². The van der Waals surface area contributed by atoms with E-state index < -0.39 is 21.1 Å². The molecule has 0 aromatic heterocycles. The van der Waals surface area contributed by atoms with Crippen molar-refractivity contribution in [1.29, 1.82) is 0 Å². The van der Waals surface area contributed by atoms with Gasteiger partial charge in [0.15, 0.2) is 0 Å². The highest BCUT2D eigenvalue weighted by Crippen LogP contribution is 2.28. The fraction of sp³-hybridized carbons (Fsp3) is 0.417. The molecule has 22 heavy (non-hydrogen) atoms. The Bertz CT molecular complexity index is 717. The van der Waals surface area contributed by atoms with E-state index in [9.17, 15) is 23.3 Å². The first-order chi connectivity index (χ1) is 10.4. The predicted octanol–water partition coefficient (Wildman–Crippen LogP) is 1.12. The molecule has 9 nitrogen and oxygen atoms in total. The molecule has 2 heterocycles. The van der Waals surface area contributed by atoms with Crippen molar-refractivity contribution < 1.29 is 22.4 Å². The number of carbonyl (C=O) groups is 1. The van der Waals surface area contributed by atoms with Crippen LogP contribution in [-0.4, -0.2) is 48.5 Å². The number of nitro benzene ring substituents is 1. The number of hydrogen-bond donors (Lipinski definition) is 0. The average Bonchev–Trinajstić information content (AvgIpc) is 2.70. The van der Waals surface area contributed by atoms with Crippen molar-refractivity contribution >= 4 is 21.8 Å². The van der Waals surface area contributed by atoms with Crippen LogP contribution in [0.1, 0.15) is 12.8 Å². The topological polar surface area (TPSA) is 110 Å². The minimum absolute atomic E-state index is 0.224. The lowest BCUT2D eigenvalue weighted by atomic mass is 10.1. The zero-order valence-corrected chi connectivity index (χ0v) is 12.2. The Kier molecular flexibility index (Phi) is 3.49. The van der Waals surface area contributed by atoms with E-state index >= 15 is 0 Å². The molecule has 2 aliphatic rings. The molecule has 0 saturated carbocycles. The summed E-state index contributed by atoms with van der Waals surface area (Å²) < 4.78 is 29.4. The lowest BCUT2D eigenvalue weighted by Gasteiger charge is -2.21. The van der Waals surface area contributed by atoms with E-state index in [4.69, 9.17) is 4.28 Å². The molecule has 2 saturated heterocycles. The summed E-state index contributed by atoms with van der Waals surface area (Å²) in [5.41, 5.74) is -0.224. The van der Waals surface area contributed by atoms with Gasteiger partial charge in [0.1, 0.15) is 0 Å². The number of fused-ring (bicyclic) bond motifs is 2. The van der Waals surface area contributed by atoms with Crippen LogP contribution >= 0.6 is 0 Å². The Balaban J connectivity index is 1.81. The highest BCUT2D eigenvalue weighted by atomic mass is 32.2. The second-order valence-electron chi connectivity index (χ2n) is 5.13. The van der Waals surface area contributed by atoms with Gasteiger partial charge in [-0.25, -0.2) is 4.79 Å². The molecule has 118 valence electrons. The van der Waals surface area contributed by atoms with E-state index in [1.54, 1.807) is 4.90 Å². The Morgan fingerprint density at radius 2 is 1.95 bits per heavy atom. The van der Waals surface area contributed by atoms with Crippen LogP contribution in [0.25, 0.3) is 0 Å². The SMILES string of the molecule is O=C1N2CCCC(C2)N1OS(=O)(=O)c1ccc([N+](=O)[O-])cc1. The van der Waals surface area contributed by atoms with Crippen molar-refractivity contribution in [3.05, 3.63) is 34.4 Å². The number of rotatable bonds is 4. The van der Waals surface area contributed by atoms with E-state index in [0.717, 1.165) is 35.7 Å². The summed E-state index contributed by atoms with van der Waals surface area (Å²) in [5.74, 6) is 0. The van der Waals surface area contributed by atoms with Crippen LogP contribution in [0.15, 0.2) is 29.2 Å². The monoisotopic (exact) mass is 327 g/mol. The van der Waals surface area contributed by atoms with E-state index in [-0.39, 0.29) is 16.6 Å². The van der Waals surface area contributed by atoms with Crippen molar-refractivity contribution in [2.45, 2.75) is 23.8 Å². The maximum absolute atomic E-state index is 12.2. The molecule has 2 fully saturated rings. The molecule has 10 heteroatoms. The molecule has 0 spiro atoms. The van der Waals surface area contributed by atoms with Gasteiger partial charge in [-0.2, -0.15) is 13.5 Å². The molecule has 2 amide bonds. The molecule has 2 bridgehead atoms. The van der Waals surface area contributed by atoms with Gasteiger partial charge in [-0.1, -0.05) is 0 Å². The highest BCUT2D eigenvalue weighted by Gasteiger charge is 2.43. The quantitative estimate of drug-likeness (QED) is 0.605. The molecule has 1 atom stereocenters. The molecule has 0 radical (unpaired) electrons. The minimum atomic E-state index is -4.20. The number of non-ortho nitro benzene ring substituents is 1. The summed E-state index contributed by atoms with van der Waals surface area (Å²) in [6.07, 6.45) is 1.48. The zero-order valence-electron chi connectivity index (χ0n) is 11.4. The summed E-state index contributed by atoms with van der Waals surface area (Å²) in [6.45, 7) is 1.04. The van der Waals surface area contributed by atoms with Crippen LogP contribution in [0.4, 0.5) is 10.5 Å². The van der Waals surface area contributed by atoms with Gasteiger partial charge in [-0.3, -0.25) is 10.1 Å². The molecular weight excluding hydrogens is 314 g/mol. The van der Waals surface area contributed by atoms with Gasteiger partial charge in [0, 0.05) is 25.2 Å². The number of carbonyl (C=O) groups excluding carboxylic acids is 1. The predicted molar refractivity (Wildman–Crippen MR) is 73.2 cm³/mol. The largest absolute Gasteiger partial charge is 0.345 e. The Morgan fingerprint density at radius 3 is 2.55 bits per heavy atom. The van der Waals surface area contributed by atoms with E-state index in [1.807, 2.05) is 0 Å². The average molecular weight is 327 g/mol. The van der Waals surface area contributed by atoms with Gasteiger partial charge in [0.2, 0.25) is 0 Å². The normalized spacial score (nSPS) is 21.3. The van der Waals surface area contributed by atoms with Crippen molar-refractivity contribution in [3.63, 3.8) is 0 Å². The van der Waals surface area contributed by atoms with Gasteiger partial charge < -0.3 is 4.90 Å². The fourth-order valence-electron chi connectivity index (χ4n) is 2.59. The number of benzene rings is 1. The summed E-state index contributed by atoms with van der Waals surface area (Å²) >= 11 is 0. The van der Waals surface area contributed by atoms with Crippen molar-refractivity contribution in [1.82, 2.24) is 9.96 Å². The first-order valence-electron chi connectivity index (χ1n) is 6.66. The minimum Gasteiger partial charge on any atom is -0.321 e. The summed E-state index contributed by atoms with van der Waals surface area (Å²) in [6, 6.07) is 3.57. The first-order valence-corrected chi connectivity index (χ1v) is 8.06. The number of hydrogen-bond acceptors (Lipinski definition) is 6. The van der Waals surface area contributed by atoms with Crippen molar-refractivity contribution in [2.24, 2.45) is 0 Å². The Hall–Kier alpha value is -2.20. The first kappa shape index (κ1) is 14.7. The number of nitro groups is 1. The molecule has 1 aromatic carbocycles. The summed E-state index contributed by atoms with van der Waals surface area (Å²) in [5, 5.41) is 11.5. The third-order valence-corrected chi connectivity index (χ3v) is 4.91. The Morgan fingerprint density at radius 1 is 1.27 bits per heavy atom. The maximum atomic E-state index is 12.2. The molecule has 2 aliphatic heterocycles. The van der Waals surface area contributed by atoms with E-state index in [0.29, 0.717) is 19.5 Å². The number of piperidine rings is 1. The Labute approximate surface area is 126 Å². The van der Waals surface area contributed by atoms with Crippen LogP contribution < -0.4 is 0 Å². The lowest BCUT2D eigenvalue weighted by Crippen LogP contribution is -2.35. The van der Waals surface area contributed by atoms with E-state index in [1.165, 1.54) is 0 Å². The number of nitrogens with zero attached hydrogens (tertiary/aromatic N) is 3. The smallest absolute Gasteiger partial charge is 0.321 e. The molecule has 0 N–H and O–H groups in total. The second-order valence-corrected chi connectivity index (χ2v) is 6.66. The lowest BCUT2D eigenvalue weighted by molar-refractivity contribution is -0.384. The molecule has 3 rings (SSSR count). The van der Waals surface area contributed by atoms with Crippen LogP contribution in [0.2, 0.25) is 0 Å². The van der Waals surface area contributed by atoms with Crippen LogP contribution in [0, 0.1) is 10.1 Å².